The van der Waals surface area contributed by atoms with Gasteiger partial charge in [-0.15, -0.1) is 0 Å². The molecule has 0 saturated heterocycles. The maximum atomic E-state index is 6.05. The van der Waals surface area contributed by atoms with Crippen molar-refractivity contribution < 1.29 is 4.74 Å². The highest BCUT2D eigenvalue weighted by atomic mass is 16.5. The number of hydrogen-bond donors (Lipinski definition) is 0. The third kappa shape index (κ3) is 4.95. The fraction of sp³-hybridized carbons (Fsp3) is 0.529. The second kappa shape index (κ2) is 6.63. The largest absolute Gasteiger partial charge is 0.488 e. The molecule has 0 heterocycles. The number of hydrogen-bond acceptors (Lipinski definition) is 1. The Labute approximate surface area is 112 Å². The first-order valence-corrected chi connectivity index (χ1v) is 6.89. The molecule has 100 valence electrons. The second-order valence-corrected chi connectivity index (χ2v) is 5.62. The molecule has 0 bridgehead atoms. The number of benzene rings is 1. The van der Waals surface area contributed by atoms with Gasteiger partial charge < -0.3 is 4.74 Å². The third-order valence-electron chi connectivity index (χ3n) is 3.12. The van der Waals surface area contributed by atoms with Crippen molar-refractivity contribution >= 4 is 5.57 Å². The van der Waals surface area contributed by atoms with Crippen molar-refractivity contribution in [2.75, 3.05) is 0 Å². The lowest BCUT2D eigenvalue weighted by Crippen LogP contribution is -2.27. The molecule has 0 amide bonds. The van der Waals surface area contributed by atoms with Gasteiger partial charge in [0.2, 0.25) is 0 Å². The van der Waals surface area contributed by atoms with Crippen molar-refractivity contribution in [2.45, 2.75) is 59.0 Å². The van der Waals surface area contributed by atoms with Crippen LogP contribution >= 0.6 is 0 Å². The normalized spacial score (nSPS) is 11.3. The van der Waals surface area contributed by atoms with Gasteiger partial charge in [0.15, 0.2) is 0 Å². The Morgan fingerprint density at radius 3 is 2.28 bits per heavy atom. The quantitative estimate of drug-likeness (QED) is 0.581. The number of ether oxygens (including phenoxy) is 1. The van der Waals surface area contributed by atoms with Crippen molar-refractivity contribution in [2.24, 2.45) is 0 Å². The van der Waals surface area contributed by atoms with Crippen LogP contribution in [0.4, 0.5) is 0 Å². The van der Waals surface area contributed by atoms with Crippen LogP contribution in [0.5, 0.6) is 5.75 Å². The van der Waals surface area contributed by atoms with Gasteiger partial charge in [-0.05, 0) is 51.3 Å². The van der Waals surface area contributed by atoms with E-state index in [9.17, 15) is 0 Å². The molecule has 0 aliphatic carbocycles. The van der Waals surface area contributed by atoms with Crippen molar-refractivity contribution in [1.82, 2.24) is 0 Å². The van der Waals surface area contributed by atoms with E-state index in [4.69, 9.17) is 4.74 Å². The van der Waals surface area contributed by atoms with E-state index in [0.29, 0.717) is 0 Å². The summed E-state index contributed by atoms with van der Waals surface area (Å²) in [4.78, 5) is 0. The molecule has 0 radical (unpaired) electrons. The van der Waals surface area contributed by atoms with Crippen molar-refractivity contribution in [3.63, 3.8) is 0 Å². The van der Waals surface area contributed by atoms with Crippen molar-refractivity contribution in [1.29, 1.82) is 0 Å². The summed E-state index contributed by atoms with van der Waals surface area (Å²) in [5.74, 6) is 0.946. The van der Waals surface area contributed by atoms with Crippen LogP contribution in [0.2, 0.25) is 0 Å². The molecule has 18 heavy (non-hydrogen) atoms. The molecule has 0 aliphatic rings. The minimum absolute atomic E-state index is 0.0834. The van der Waals surface area contributed by atoms with Gasteiger partial charge in [-0.2, -0.15) is 0 Å². The van der Waals surface area contributed by atoms with E-state index >= 15 is 0 Å². The minimum atomic E-state index is -0.0834. The van der Waals surface area contributed by atoms with Crippen LogP contribution in [-0.2, 0) is 0 Å². The van der Waals surface area contributed by atoms with Crippen LogP contribution in [0.15, 0.2) is 30.8 Å². The fourth-order valence-electron chi connectivity index (χ4n) is 1.98. The highest BCUT2D eigenvalue weighted by molar-refractivity contribution is 5.61. The summed E-state index contributed by atoms with van der Waals surface area (Å²) in [7, 11) is 0. The van der Waals surface area contributed by atoms with Gasteiger partial charge in [-0.3, -0.25) is 0 Å². The molecule has 1 nitrogen and oxygen atoms in total. The zero-order valence-electron chi connectivity index (χ0n) is 12.3. The van der Waals surface area contributed by atoms with Crippen LogP contribution in [-0.4, -0.2) is 5.60 Å². The number of unbranched alkanes of at least 4 members (excludes halogenated alkanes) is 2. The Bertz CT molecular complexity index is 373. The number of rotatable bonds is 7. The highest BCUT2D eigenvalue weighted by Gasteiger charge is 2.18. The molecular formula is C17H26O. The summed E-state index contributed by atoms with van der Waals surface area (Å²) in [6.07, 6.45) is 4.86. The topological polar surface area (TPSA) is 9.23 Å². The minimum Gasteiger partial charge on any atom is -0.488 e. The lowest BCUT2D eigenvalue weighted by molar-refractivity contribution is 0.0962. The summed E-state index contributed by atoms with van der Waals surface area (Å²) < 4.78 is 6.05. The van der Waals surface area contributed by atoms with Gasteiger partial charge in [0.05, 0.1) is 0 Å². The molecule has 1 rings (SSSR count). The molecular weight excluding hydrogens is 220 g/mol. The molecule has 0 N–H and O–H groups in total. The molecule has 1 aromatic rings. The van der Waals surface area contributed by atoms with Crippen molar-refractivity contribution in [3.05, 3.63) is 36.4 Å². The first-order chi connectivity index (χ1) is 8.44. The molecule has 0 spiro atoms. The molecule has 1 aromatic carbocycles. The van der Waals surface area contributed by atoms with Gasteiger partial charge in [0.1, 0.15) is 11.4 Å². The standard InChI is InChI=1S/C17H26O/c1-6-7-8-13-17(4,5)18-16-11-9-15(10-12-16)14(2)3/h9-12H,2,6-8,13H2,1,3-5H3. The monoisotopic (exact) mass is 246 g/mol. The Morgan fingerprint density at radius 2 is 1.78 bits per heavy atom. The lowest BCUT2D eigenvalue weighted by atomic mass is 10.0. The van der Waals surface area contributed by atoms with Crippen LogP contribution in [0.25, 0.3) is 5.57 Å². The molecule has 0 fully saturated rings. The average molecular weight is 246 g/mol. The van der Waals surface area contributed by atoms with Crippen LogP contribution in [0, 0.1) is 0 Å². The Morgan fingerprint density at radius 1 is 1.17 bits per heavy atom. The highest BCUT2D eigenvalue weighted by Crippen LogP contribution is 2.24. The van der Waals surface area contributed by atoms with Crippen LogP contribution in [0.3, 0.4) is 0 Å². The maximum Gasteiger partial charge on any atom is 0.120 e. The molecule has 0 aliphatic heterocycles. The molecule has 1 heteroatoms. The Hall–Kier alpha value is -1.24. The summed E-state index contributed by atoms with van der Waals surface area (Å²) >= 11 is 0. The zero-order valence-corrected chi connectivity index (χ0v) is 12.3. The number of allylic oxidation sites excluding steroid dienone is 1. The maximum absolute atomic E-state index is 6.05. The lowest BCUT2D eigenvalue weighted by Gasteiger charge is -2.26. The first-order valence-electron chi connectivity index (χ1n) is 6.89. The van der Waals surface area contributed by atoms with Crippen molar-refractivity contribution in [3.8, 4) is 5.75 Å². The van der Waals surface area contributed by atoms with E-state index < -0.39 is 0 Å². The second-order valence-electron chi connectivity index (χ2n) is 5.62. The van der Waals surface area contributed by atoms with Crippen LogP contribution in [0.1, 0.15) is 58.9 Å². The third-order valence-corrected chi connectivity index (χ3v) is 3.12. The summed E-state index contributed by atoms with van der Waals surface area (Å²) in [5, 5.41) is 0. The van der Waals surface area contributed by atoms with Crippen LogP contribution < -0.4 is 4.74 Å². The zero-order chi connectivity index (χ0) is 13.6. The van der Waals surface area contributed by atoms with E-state index in [0.717, 1.165) is 17.7 Å². The Balaban J connectivity index is 2.57. The van der Waals surface area contributed by atoms with E-state index in [-0.39, 0.29) is 5.60 Å². The van der Waals surface area contributed by atoms with Gasteiger partial charge >= 0.3 is 0 Å². The smallest absolute Gasteiger partial charge is 0.120 e. The molecule has 0 atom stereocenters. The molecule has 0 saturated carbocycles. The summed E-state index contributed by atoms with van der Waals surface area (Å²) in [6.45, 7) is 12.5. The summed E-state index contributed by atoms with van der Waals surface area (Å²) in [6, 6.07) is 8.21. The van der Waals surface area contributed by atoms with Gasteiger partial charge in [-0.1, -0.05) is 44.1 Å². The van der Waals surface area contributed by atoms with E-state index in [2.05, 4.69) is 39.5 Å². The molecule has 0 unspecified atom stereocenters. The Kier molecular flexibility index (Phi) is 5.46. The first kappa shape index (κ1) is 14.8. The van der Waals surface area contributed by atoms with Gasteiger partial charge in [-0.25, -0.2) is 0 Å². The van der Waals surface area contributed by atoms with E-state index in [1.165, 1.54) is 24.8 Å². The van der Waals surface area contributed by atoms with E-state index in [1.807, 2.05) is 19.1 Å². The summed E-state index contributed by atoms with van der Waals surface area (Å²) in [5.41, 5.74) is 2.18. The van der Waals surface area contributed by atoms with Gasteiger partial charge in [0.25, 0.3) is 0 Å². The predicted octanol–water partition coefficient (Wildman–Crippen LogP) is 5.46. The SMILES string of the molecule is C=C(C)c1ccc(OC(C)(C)CCCCC)cc1. The fourth-order valence-corrected chi connectivity index (χ4v) is 1.98. The predicted molar refractivity (Wildman–Crippen MR) is 80.0 cm³/mol. The molecule has 0 aromatic heterocycles. The van der Waals surface area contributed by atoms with E-state index in [1.54, 1.807) is 0 Å². The average Bonchev–Trinajstić information content (AvgIpc) is 2.29. The van der Waals surface area contributed by atoms with Gasteiger partial charge in [0, 0.05) is 0 Å².